The fraction of sp³-hybridized carbons (Fsp3) is 0.167. The number of aromatic hydroxyl groups is 1. The Morgan fingerprint density at radius 3 is 2.59 bits per heavy atom. The van der Waals surface area contributed by atoms with Crippen LogP contribution in [-0.2, 0) is 6.54 Å². The molecule has 2 N–H and O–H groups in total. The number of nitrogens with zero attached hydrogens (tertiary/aromatic N) is 3. The molecule has 1 aromatic heterocycles. The van der Waals surface area contributed by atoms with Crippen molar-refractivity contribution in [2.45, 2.75) is 20.1 Å². The van der Waals surface area contributed by atoms with Gasteiger partial charge in [0.25, 0.3) is 0 Å². The number of anilines is 1. The summed E-state index contributed by atoms with van der Waals surface area (Å²) in [6.45, 7) is -0.380. The zero-order valence-electron chi connectivity index (χ0n) is 14.3. The molecule has 3 aromatic rings. The van der Waals surface area contributed by atoms with Crippen LogP contribution in [0.2, 0.25) is 0 Å². The van der Waals surface area contributed by atoms with Gasteiger partial charge >= 0.3 is 6.61 Å². The number of hydrogen-bond acceptors (Lipinski definition) is 4. The van der Waals surface area contributed by atoms with Crippen molar-refractivity contribution in [3.8, 4) is 11.6 Å². The van der Waals surface area contributed by atoms with E-state index in [0.29, 0.717) is 17.9 Å². The summed E-state index contributed by atoms with van der Waals surface area (Å²) in [6, 6.07) is 13.3. The molecule has 27 heavy (non-hydrogen) atoms. The molecule has 0 atom stereocenters. The van der Waals surface area contributed by atoms with E-state index in [1.807, 2.05) is 31.2 Å². The molecule has 0 saturated carbocycles. The van der Waals surface area contributed by atoms with Crippen LogP contribution < -0.4 is 10.1 Å². The fourth-order valence-electron chi connectivity index (χ4n) is 2.65. The zero-order chi connectivity index (χ0) is 19.4. The van der Waals surface area contributed by atoms with Crippen LogP contribution in [0.25, 0.3) is 10.9 Å². The van der Waals surface area contributed by atoms with Crippen LogP contribution in [0.5, 0.6) is 11.6 Å². The highest BCUT2D eigenvalue weighted by atomic mass is 32.1. The molecule has 0 bridgehead atoms. The summed E-state index contributed by atoms with van der Waals surface area (Å²) < 4.78 is 30.3. The van der Waals surface area contributed by atoms with Crippen molar-refractivity contribution in [1.82, 2.24) is 4.57 Å². The zero-order valence-corrected chi connectivity index (χ0v) is 15.1. The maximum absolute atomic E-state index is 12.2. The van der Waals surface area contributed by atoms with Crippen molar-refractivity contribution in [2.75, 3.05) is 5.32 Å². The molecule has 140 valence electrons. The van der Waals surface area contributed by atoms with E-state index in [1.165, 1.54) is 24.3 Å². The molecule has 9 heteroatoms. The highest BCUT2D eigenvalue weighted by Gasteiger charge is 2.15. The number of alkyl halides is 2. The second-order valence-electron chi connectivity index (χ2n) is 5.47. The number of rotatable bonds is 5. The highest BCUT2D eigenvalue weighted by molar-refractivity contribution is 7.80. The number of aromatic nitrogens is 1. The van der Waals surface area contributed by atoms with Crippen molar-refractivity contribution >= 4 is 39.6 Å². The Bertz CT molecular complexity index is 987. The summed E-state index contributed by atoms with van der Waals surface area (Å²) in [6.07, 6.45) is 0. The first kappa shape index (κ1) is 18.7. The van der Waals surface area contributed by atoms with Crippen molar-refractivity contribution < 1.29 is 18.6 Å². The number of fused-ring (bicyclic) bond motifs is 1. The van der Waals surface area contributed by atoms with Crippen molar-refractivity contribution in [3.05, 3.63) is 48.5 Å². The van der Waals surface area contributed by atoms with E-state index in [4.69, 9.17) is 12.2 Å². The Hall–Kier alpha value is -3.07. The topological polar surface area (TPSA) is 71.1 Å². The largest absolute Gasteiger partial charge is 0.493 e. The molecule has 0 aliphatic carbocycles. The van der Waals surface area contributed by atoms with Gasteiger partial charge < -0.3 is 19.7 Å². The lowest BCUT2D eigenvalue weighted by atomic mass is 10.2. The molecule has 0 spiro atoms. The van der Waals surface area contributed by atoms with E-state index < -0.39 is 6.61 Å². The van der Waals surface area contributed by atoms with Gasteiger partial charge in [-0.05, 0) is 49.5 Å². The number of nitrogens with one attached hydrogen (secondary N) is 1. The quantitative estimate of drug-likeness (QED) is 0.449. The lowest BCUT2D eigenvalue weighted by Gasteiger charge is -2.06. The van der Waals surface area contributed by atoms with Crippen LogP contribution in [0.3, 0.4) is 0 Å². The van der Waals surface area contributed by atoms with Gasteiger partial charge in [0, 0.05) is 17.6 Å². The van der Waals surface area contributed by atoms with Gasteiger partial charge in [0.2, 0.25) is 11.0 Å². The number of thiocarbonyl (C=S) groups is 1. The smallest absolute Gasteiger partial charge is 0.387 e. The van der Waals surface area contributed by atoms with Gasteiger partial charge in [-0.3, -0.25) is 0 Å². The number of azo groups is 1. The second kappa shape index (κ2) is 8.09. The third-order valence-electron chi connectivity index (χ3n) is 3.81. The summed E-state index contributed by atoms with van der Waals surface area (Å²) in [4.78, 5) is 0. The van der Waals surface area contributed by atoms with Crippen LogP contribution >= 0.6 is 12.2 Å². The van der Waals surface area contributed by atoms with Crippen LogP contribution in [0.4, 0.5) is 20.2 Å². The maximum atomic E-state index is 12.2. The van der Waals surface area contributed by atoms with Crippen molar-refractivity contribution in [2.24, 2.45) is 10.2 Å². The van der Waals surface area contributed by atoms with Crippen molar-refractivity contribution in [1.29, 1.82) is 0 Å². The number of aryl methyl sites for hydroxylation is 1. The monoisotopic (exact) mass is 390 g/mol. The first-order valence-corrected chi connectivity index (χ1v) is 8.48. The molecule has 0 radical (unpaired) electrons. The molecule has 2 aromatic carbocycles. The SMILES string of the molecule is CCn1c(O)c(N=NC(=S)Nc2ccc(OC(F)F)cc2)c2ccccc21. The number of benzene rings is 2. The molecule has 0 fully saturated rings. The molecule has 1 heterocycles. The number of para-hydroxylation sites is 1. The number of halogens is 2. The molecule has 0 aliphatic heterocycles. The molecule has 6 nitrogen and oxygen atoms in total. The van der Waals surface area contributed by atoms with Crippen LogP contribution in [0, 0.1) is 0 Å². The minimum Gasteiger partial charge on any atom is -0.493 e. The van der Waals surface area contributed by atoms with Gasteiger partial charge in [0.15, 0.2) is 5.69 Å². The van der Waals surface area contributed by atoms with Gasteiger partial charge in [0.1, 0.15) is 5.75 Å². The minimum atomic E-state index is -2.88. The van der Waals surface area contributed by atoms with E-state index in [9.17, 15) is 13.9 Å². The summed E-state index contributed by atoms with van der Waals surface area (Å²) in [5.41, 5.74) is 1.72. The molecule has 3 rings (SSSR count). The van der Waals surface area contributed by atoms with Crippen LogP contribution in [0.1, 0.15) is 6.92 Å². The maximum Gasteiger partial charge on any atom is 0.387 e. The first-order chi connectivity index (χ1) is 13.0. The van der Waals surface area contributed by atoms with E-state index in [2.05, 4.69) is 20.3 Å². The number of ether oxygens (including phenoxy) is 1. The molecule has 0 unspecified atom stereocenters. The average molecular weight is 390 g/mol. The van der Waals surface area contributed by atoms with Gasteiger partial charge in [-0.1, -0.05) is 18.2 Å². The Labute approximate surface area is 159 Å². The Morgan fingerprint density at radius 1 is 1.22 bits per heavy atom. The predicted molar refractivity (Wildman–Crippen MR) is 103 cm³/mol. The lowest BCUT2D eigenvalue weighted by molar-refractivity contribution is -0.0498. The van der Waals surface area contributed by atoms with E-state index in [1.54, 1.807) is 4.57 Å². The molecule has 0 saturated heterocycles. The fourth-order valence-corrected chi connectivity index (χ4v) is 2.81. The predicted octanol–water partition coefficient (Wildman–Crippen LogP) is 5.45. The summed E-state index contributed by atoms with van der Waals surface area (Å²) in [7, 11) is 0. The summed E-state index contributed by atoms with van der Waals surface area (Å²) in [5.74, 6) is 0.0548. The van der Waals surface area contributed by atoms with E-state index >= 15 is 0 Å². The third-order valence-corrected chi connectivity index (χ3v) is 3.99. The van der Waals surface area contributed by atoms with Crippen molar-refractivity contribution in [3.63, 3.8) is 0 Å². The Morgan fingerprint density at radius 2 is 1.93 bits per heavy atom. The van der Waals surface area contributed by atoms with Gasteiger partial charge in [-0.25, -0.2) is 0 Å². The van der Waals surface area contributed by atoms with Gasteiger partial charge in [-0.2, -0.15) is 8.78 Å². The van der Waals surface area contributed by atoms with Crippen LogP contribution in [0.15, 0.2) is 58.8 Å². The average Bonchev–Trinajstić information content (AvgIpc) is 2.92. The lowest BCUT2D eigenvalue weighted by Crippen LogP contribution is -2.05. The summed E-state index contributed by atoms with van der Waals surface area (Å²) >= 11 is 5.13. The third kappa shape index (κ3) is 4.20. The normalized spacial score (nSPS) is 11.4. The Kier molecular flexibility index (Phi) is 5.60. The second-order valence-corrected chi connectivity index (χ2v) is 5.85. The van der Waals surface area contributed by atoms with Gasteiger partial charge in [-0.15, -0.1) is 10.2 Å². The van der Waals surface area contributed by atoms with E-state index in [-0.39, 0.29) is 16.7 Å². The molecule has 0 amide bonds. The van der Waals surface area contributed by atoms with E-state index in [0.717, 1.165) is 10.9 Å². The molecular weight excluding hydrogens is 374 g/mol. The van der Waals surface area contributed by atoms with Crippen LogP contribution in [-0.4, -0.2) is 21.4 Å². The first-order valence-electron chi connectivity index (χ1n) is 8.07. The number of hydrogen-bond donors (Lipinski definition) is 2. The Balaban J connectivity index is 1.76. The van der Waals surface area contributed by atoms with Gasteiger partial charge in [0.05, 0.1) is 5.52 Å². The molecular formula is C18H16F2N4O2S. The highest BCUT2D eigenvalue weighted by Crippen LogP contribution is 2.38. The molecule has 0 aliphatic rings. The standard InChI is InChI=1S/C18H16F2N4O2S/c1-2-24-14-6-4-3-5-13(14)15(16(24)25)22-23-18(27)21-11-7-9-12(10-8-11)26-17(19)20/h3-10,17,25H,2H2,1H3,(H,21,27). The summed E-state index contributed by atoms with van der Waals surface area (Å²) in [5, 5.41) is 22.1. The minimum absolute atomic E-state index is 0.0127.